The molecule has 1 rings (SSSR count). The molecule has 0 saturated heterocycles. The minimum atomic E-state index is -0.750. The van der Waals surface area contributed by atoms with Gasteiger partial charge in [-0.1, -0.05) is 127 Å². The van der Waals surface area contributed by atoms with E-state index in [1.165, 1.54) is 64.2 Å². The molecule has 1 atom stereocenters. The standard InChI is InChI=1S/C31H52N2O4/c1-2-3-4-5-6-7-8-9-10-11-13-19-24-28(34)33-30(27-22-17-16-18-23-27)31(37)32-26-21-15-12-14-20-25-29(35)36/h16-18,22-23,30H,2-15,19-21,24-26H2,1H3,(H,32,37)(H,33,34)(H,35,36)/t30-/m0/s1. The third-order valence-electron chi connectivity index (χ3n) is 6.82. The van der Waals surface area contributed by atoms with Gasteiger partial charge in [-0.3, -0.25) is 14.4 Å². The average Bonchev–Trinajstić information content (AvgIpc) is 2.89. The van der Waals surface area contributed by atoms with Crippen LogP contribution in [0.4, 0.5) is 0 Å². The van der Waals surface area contributed by atoms with E-state index in [1.54, 1.807) is 0 Å². The molecule has 0 aliphatic heterocycles. The van der Waals surface area contributed by atoms with Gasteiger partial charge in [0.2, 0.25) is 11.8 Å². The molecule has 3 N–H and O–H groups in total. The van der Waals surface area contributed by atoms with Crippen LogP contribution in [0.5, 0.6) is 0 Å². The molecular weight excluding hydrogens is 464 g/mol. The Morgan fingerprint density at radius 3 is 1.70 bits per heavy atom. The number of carboxylic acids is 1. The fraction of sp³-hybridized carbons (Fsp3) is 0.710. The van der Waals surface area contributed by atoms with E-state index in [-0.39, 0.29) is 18.2 Å². The van der Waals surface area contributed by atoms with Gasteiger partial charge in [-0.2, -0.15) is 0 Å². The fourth-order valence-electron chi connectivity index (χ4n) is 4.55. The van der Waals surface area contributed by atoms with Gasteiger partial charge in [0, 0.05) is 19.4 Å². The molecular formula is C31H52N2O4. The molecule has 37 heavy (non-hydrogen) atoms. The van der Waals surface area contributed by atoms with Crippen LogP contribution in [0.1, 0.15) is 141 Å². The van der Waals surface area contributed by atoms with E-state index in [4.69, 9.17) is 5.11 Å². The Kier molecular flexibility index (Phi) is 20.1. The Morgan fingerprint density at radius 2 is 1.16 bits per heavy atom. The smallest absolute Gasteiger partial charge is 0.303 e. The highest BCUT2D eigenvalue weighted by Crippen LogP contribution is 2.15. The Balaban J connectivity index is 2.23. The van der Waals surface area contributed by atoms with Gasteiger partial charge in [-0.15, -0.1) is 0 Å². The lowest BCUT2D eigenvalue weighted by molar-refractivity contribution is -0.137. The molecule has 0 fully saturated rings. The zero-order valence-electron chi connectivity index (χ0n) is 23.3. The first-order chi connectivity index (χ1) is 18.0. The second kappa shape index (κ2) is 22.8. The number of nitrogens with one attached hydrogen (secondary N) is 2. The molecule has 0 aliphatic carbocycles. The molecule has 210 valence electrons. The molecule has 0 bridgehead atoms. The number of rotatable bonds is 24. The van der Waals surface area contributed by atoms with Crippen LogP contribution in [0.3, 0.4) is 0 Å². The molecule has 0 heterocycles. The third kappa shape index (κ3) is 18.5. The summed E-state index contributed by atoms with van der Waals surface area (Å²) in [7, 11) is 0. The molecule has 2 amide bonds. The highest BCUT2D eigenvalue weighted by molar-refractivity contribution is 5.88. The molecule has 6 nitrogen and oxygen atoms in total. The number of hydrogen-bond donors (Lipinski definition) is 3. The first-order valence-corrected chi connectivity index (χ1v) is 14.9. The van der Waals surface area contributed by atoms with Gasteiger partial charge in [0.25, 0.3) is 0 Å². The van der Waals surface area contributed by atoms with Crippen molar-refractivity contribution in [2.75, 3.05) is 6.54 Å². The quantitative estimate of drug-likeness (QED) is 0.124. The molecule has 0 unspecified atom stereocenters. The summed E-state index contributed by atoms with van der Waals surface area (Å²) >= 11 is 0. The van der Waals surface area contributed by atoms with Gasteiger partial charge in [-0.25, -0.2) is 0 Å². The van der Waals surface area contributed by atoms with E-state index in [0.29, 0.717) is 19.4 Å². The van der Waals surface area contributed by atoms with Crippen LogP contribution in [-0.4, -0.2) is 29.4 Å². The highest BCUT2D eigenvalue weighted by atomic mass is 16.4. The second-order valence-electron chi connectivity index (χ2n) is 10.3. The van der Waals surface area contributed by atoms with Crippen molar-refractivity contribution >= 4 is 17.8 Å². The minimum Gasteiger partial charge on any atom is -0.481 e. The monoisotopic (exact) mass is 516 g/mol. The summed E-state index contributed by atoms with van der Waals surface area (Å²) < 4.78 is 0. The predicted octanol–water partition coefficient (Wildman–Crippen LogP) is 7.48. The Hall–Kier alpha value is -2.37. The van der Waals surface area contributed by atoms with Gasteiger partial charge in [0.15, 0.2) is 0 Å². The summed E-state index contributed by atoms with van der Waals surface area (Å²) in [4.78, 5) is 36.0. The summed E-state index contributed by atoms with van der Waals surface area (Å²) in [6.45, 7) is 2.80. The van der Waals surface area contributed by atoms with Crippen LogP contribution < -0.4 is 10.6 Å². The molecule has 0 aromatic heterocycles. The number of carbonyl (C=O) groups excluding carboxylic acids is 2. The Labute approximate surface area is 225 Å². The maximum Gasteiger partial charge on any atom is 0.303 e. The lowest BCUT2D eigenvalue weighted by atomic mass is 10.0. The first kappa shape index (κ1) is 32.7. The van der Waals surface area contributed by atoms with Gasteiger partial charge in [0.1, 0.15) is 6.04 Å². The predicted molar refractivity (Wildman–Crippen MR) is 151 cm³/mol. The van der Waals surface area contributed by atoms with Crippen LogP contribution in [-0.2, 0) is 14.4 Å². The van der Waals surface area contributed by atoms with Crippen molar-refractivity contribution in [1.82, 2.24) is 10.6 Å². The molecule has 1 aromatic rings. The molecule has 0 spiro atoms. The van der Waals surface area contributed by atoms with Crippen LogP contribution in [0.25, 0.3) is 0 Å². The largest absolute Gasteiger partial charge is 0.481 e. The Bertz CT molecular complexity index is 723. The second-order valence-corrected chi connectivity index (χ2v) is 10.3. The number of hydrogen-bond acceptors (Lipinski definition) is 3. The molecule has 0 radical (unpaired) electrons. The van der Waals surface area contributed by atoms with Gasteiger partial charge >= 0.3 is 5.97 Å². The number of unbranched alkanes of at least 4 members (excludes halogenated alkanes) is 15. The lowest BCUT2D eigenvalue weighted by Gasteiger charge is -2.19. The van der Waals surface area contributed by atoms with E-state index < -0.39 is 12.0 Å². The number of amides is 2. The van der Waals surface area contributed by atoms with Crippen molar-refractivity contribution in [3.8, 4) is 0 Å². The number of aliphatic carboxylic acids is 1. The van der Waals surface area contributed by atoms with Gasteiger partial charge in [0.05, 0.1) is 0 Å². The van der Waals surface area contributed by atoms with Crippen molar-refractivity contribution in [3.63, 3.8) is 0 Å². The Morgan fingerprint density at radius 1 is 0.676 bits per heavy atom. The first-order valence-electron chi connectivity index (χ1n) is 14.9. The van der Waals surface area contributed by atoms with Crippen LogP contribution >= 0.6 is 0 Å². The van der Waals surface area contributed by atoms with E-state index in [2.05, 4.69) is 17.6 Å². The van der Waals surface area contributed by atoms with E-state index >= 15 is 0 Å². The summed E-state index contributed by atoms with van der Waals surface area (Å²) in [5.74, 6) is -1.00. The van der Waals surface area contributed by atoms with Crippen molar-refractivity contribution in [2.24, 2.45) is 0 Å². The van der Waals surface area contributed by atoms with Gasteiger partial charge in [-0.05, 0) is 24.8 Å². The lowest BCUT2D eigenvalue weighted by Crippen LogP contribution is -2.40. The van der Waals surface area contributed by atoms with Crippen LogP contribution in [0, 0.1) is 0 Å². The molecule has 0 saturated carbocycles. The van der Waals surface area contributed by atoms with E-state index in [0.717, 1.165) is 44.1 Å². The maximum absolute atomic E-state index is 12.9. The minimum absolute atomic E-state index is 0.0745. The summed E-state index contributed by atoms with van der Waals surface area (Å²) in [5.41, 5.74) is 0.789. The van der Waals surface area contributed by atoms with Crippen molar-refractivity contribution in [2.45, 2.75) is 135 Å². The summed E-state index contributed by atoms with van der Waals surface area (Å²) in [5, 5.41) is 14.6. The normalized spacial score (nSPS) is 11.7. The molecule has 6 heteroatoms. The zero-order valence-corrected chi connectivity index (χ0v) is 23.3. The highest BCUT2D eigenvalue weighted by Gasteiger charge is 2.22. The van der Waals surface area contributed by atoms with Gasteiger partial charge < -0.3 is 15.7 Å². The third-order valence-corrected chi connectivity index (χ3v) is 6.82. The summed E-state index contributed by atoms with van der Waals surface area (Å²) in [6, 6.07) is 8.72. The average molecular weight is 517 g/mol. The maximum atomic E-state index is 12.9. The van der Waals surface area contributed by atoms with E-state index in [9.17, 15) is 14.4 Å². The van der Waals surface area contributed by atoms with E-state index in [1.807, 2.05) is 30.3 Å². The molecule has 0 aliphatic rings. The van der Waals surface area contributed by atoms with Crippen LogP contribution in [0.2, 0.25) is 0 Å². The van der Waals surface area contributed by atoms with Crippen molar-refractivity contribution in [1.29, 1.82) is 0 Å². The van der Waals surface area contributed by atoms with Crippen molar-refractivity contribution < 1.29 is 19.5 Å². The zero-order chi connectivity index (χ0) is 27.0. The number of carboxylic acid groups (broad SMARTS) is 1. The van der Waals surface area contributed by atoms with Crippen molar-refractivity contribution in [3.05, 3.63) is 35.9 Å². The topological polar surface area (TPSA) is 95.5 Å². The van der Waals surface area contributed by atoms with Crippen LogP contribution in [0.15, 0.2) is 30.3 Å². The number of benzene rings is 1. The summed E-state index contributed by atoms with van der Waals surface area (Å²) in [6.07, 6.45) is 20.1. The fourth-order valence-corrected chi connectivity index (χ4v) is 4.55. The SMILES string of the molecule is CCCCCCCCCCCCCCC(=O)N[C@H](C(=O)NCCCCCCCC(=O)O)c1ccccc1. The molecule has 1 aromatic carbocycles. The number of carbonyl (C=O) groups is 3.